The molecule has 0 bridgehead atoms. The summed E-state index contributed by atoms with van der Waals surface area (Å²) in [5.41, 5.74) is 1.31. The number of aryl methyl sites for hydroxylation is 1. The monoisotopic (exact) mass is 302 g/mol. The number of aliphatic hydroxyl groups is 1. The standard InChI is InChI=1S/C17H22N2O3/c1-12-9-15(22-19-12)16(21)18-11-17(3,13(2)20)10-14-7-5-4-6-8-14/h4-9,13,20H,10-11H2,1-3H3,(H,18,21)/t13-,17-/m0/s1. The van der Waals surface area contributed by atoms with Gasteiger partial charge < -0.3 is 14.9 Å². The average Bonchev–Trinajstić information content (AvgIpc) is 2.92. The third-order valence-corrected chi connectivity index (χ3v) is 3.96. The van der Waals surface area contributed by atoms with Gasteiger partial charge in [0.25, 0.3) is 5.91 Å². The van der Waals surface area contributed by atoms with Crippen molar-refractivity contribution in [2.24, 2.45) is 5.41 Å². The molecule has 0 spiro atoms. The van der Waals surface area contributed by atoms with Crippen molar-refractivity contribution in [2.45, 2.75) is 33.3 Å². The van der Waals surface area contributed by atoms with E-state index in [1.165, 1.54) is 0 Å². The fraction of sp³-hybridized carbons (Fsp3) is 0.412. The van der Waals surface area contributed by atoms with Crippen molar-refractivity contribution in [3.63, 3.8) is 0 Å². The zero-order chi connectivity index (χ0) is 16.2. The second-order valence-corrected chi connectivity index (χ2v) is 6.01. The van der Waals surface area contributed by atoms with Crippen LogP contribution in [-0.2, 0) is 6.42 Å². The Hall–Kier alpha value is -2.14. The van der Waals surface area contributed by atoms with Crippen LogP contribution in [0.15, 0.2) is 40.9 Å². The maximum Gasteiger partial charge on any atom is 0.289 e. The van der Waals surface area contributed by atoms with Crippen molar-refractivity contribution < 1.29 is 14.4 Å². The predicted octanol–water partition coefficient (Wildman–Crippen LogP) is 2.34. The van der Waals surface area contributed by atoms with Gasteiger partial charge >= 0.3 is 0 Å². The molecule has 118 valence electrons. The molecule has 0 radical (unpaired) electrons. The van der Waals surface area contributed by atoms with E-state index in [2.05, 4.69) is 10.5 Å². The number of amides is 1. The number of benzene rings is 1. The van der Waals surface area contributed by atoms with Crippen molar-refractivity contribution in [3.8, 4) is 0 Å². The number of hydrogen-bond acceptors (Lipinski definition) is 4. The van der Waals surface area contributed by atoms with E-state index in [1.54, 1.807) is 19.9 Å². The molecule has 5 heteroatoms. The van der Waals surface area contributed by atoms with Crippen LogP contribution in [0.1, 0.15) is 35.7 Å². The summed E-state index contributed by atoms with van der Waals surface area (Å²) in [7, 11) is 0. The number of nitrogens with one attached hydrogen (secondary N) is 1. The van der Waals surface area contributed by atoms with Crippen molar-refractivity contribution in [1.29, 1.82) is 0 Å². The summed E-state index contributed by atoms with van der Waals surface area (Å²) in [6.45, 7) is 5.80. The molecule has 1 aromatic heterocycles. The summed E-state index contributed by atoms with van der Waals surface area (Å²) in [6, 6.07) is 11.5. The van der Waals surface area contributed by atoms with Gasteiger partial charge in [-0.1, -0.05) is 42.4 Å². The van der Waals surface area contributed by atoms with E-state index in [-0.39, 0.29) is 11.7 Å². The molecule has 1 heterocycles. The molecule has 2 N–H and O–H groups in total. The highest BCUT2D eigenvalue weighted by Crippen LogP contribution is 2.26. The Morgan fingerprint density at radius 2 is 2.09 bits per heavy atom. The lowest BCUT2D eigenvalue weighted by Crippen LogP contribution is -2.43. The van der Waals surface area contributed by atoms with Crippen LogP contribution in [0.2, 0.25) is 0 Å². The molecular weight excluding hydrogens is 280 g/mol. The first-order chi connectivity index (χ1) is 10.4. The van der Waals surface area contributed by atoms with Crippen LogP contribution in [0.3, 0.4) is 0 Å². The minimum absolute atomic E-state index is 0.185. The Kier molecular flexibility index (Phi) is 4.98. The molecule has 22 heavy (non-hydrogen) atoms. The number of rotatable bonds is 6. The zero-order valence-electron chi connectivity index (χ0n) is 13.2. The highest BCUT2D eigenvalue weighted by molar-refractivity contribution is 5.91. The first kappa shape index (κ1) is 16.2. The normalized spacial score (nSPS) is 15.1. The summed E-state index contributed by atoms with van der Waals surface area (Å²) in [6.07, 6.45) is 0.103. The van der Waals surface area contributed by atoms with Crippen molar-refractivity contribution in [1.82, 2.24) is 10.5 Å². The summed E-state index contributed by atoms with van der Waals surface area (Å²) in [5.74, 6) is -0.134. The Labute approximate surface area is 130 Å². The molecule has 2 rings (SSSR count). The Morgan fingerprint density at radius 1 is 1.41 bits per heavy atom. The molecular formula is C17H22N2O3. The second kappa shape index (κ2) is 6.75. The van der Waals surface area contributed by atoms with Gasteiger partial charge in [-0.3, -0.25) is 4.79 Å². The van der Waals surface area contributed by atoms with Crippen LogP contribution in [0.4, 0.5) is 0 Å². The topological polar surface area (TPSA) is 75.4 Å². The third-order valence-electron chi connectivity index (χ3n) is 3.96. The summed E-state index contributed by atoms with van der Waals surface area (Å²) in [5, 5.41) is 16.7. The minimum Gasteiger partial charge on any atom is -0.393 e. The van der Waals surface area contributed by atoms with Gasteiger partial charge in [-0.05, 0) is 25.8 Å². The number of carbonyl (C=O) groups excluding carboxylic acids is 1. The molecule has 5 nitrogen and oxygen atoms in total. The van der Waals surface area contributed by atoms with Crippen molar-refractivity contribution >= 4 is 5.91 Å². The number of nitrogens with zero attached hydrogens (tertiary/aromatic N) is 1. The lowest BCUT2D eigenvalue weighted by Gasteiger charge is -2.33. The van der Waals surface area contributed by atoms with E-state index in [9.17, 15) is 9.90 Å². The smallest absolute Gasteiger partial charge is 0.289 e. The molecule has 2 atom stereocenters. The summed E-state index contributed by atoms with van der Waals surface area (Å²) >= 11 is 0. The lowest BCUT2D eigenvalue weighted by molar-refractivity contribution is 0.0493. The molecule has 2 aromatic rings. The van der Waals surface area contributed by atoms with E-state index in [4.69, 9.17) is 4.52 Å². The molecule has 0 fully saturated rings. The van der Waals surface area contributed by atoms with Crippen molar-refractivity contribution in [3.05, 3.63) is 53.4 Å². The van der Waals surface area contributed by atoms with Gasteiger partial charge in [0.2, 0.25) is 5.76 Å². The first-order valence-electron chi connectivity index (χ1n) is 7.34. The maximum absolute atomic E-state index is 12.1. The van der Waals surface area contributed by atoms with Crippen LogP contribution in [0.5, 0.6) is 0 Å². The lowest BCUT2D eigenvalue weighted by atomic mass is 9.79. The molecule has 1 amide bonds. The van der Waals surface area contributed by atoms with E-state index in [0.717, 1.165) is 5.56 Å². The predicted molar refractivity (Wildman–Crippen MR) is 83.5 cm³/mol. The summed E-state index contributed by atoms with van der Waals surface area (Å²) in [4.78, 5) is 12.1. The van der Waals surface area contributed by atoms with Crippen LogP contribution in [0, 0.1) is 12.3 Å². The number of carbonyl (C=O) groups is 1. The van der Waals surface area contributed by atoms with Crippen LogP contribution in [0.25, 0.3) is 0 Å². The van der Waals surface area contributed by atoms with Gasteiger partial charge in [-0.15, -0.1) is 0 Å². The Morgan fingerprint density at radius 3 is 2.64 bits per heavy atom. The third kappa shape index (κ3) is 3.95. The minimum atomic E-state index is -0.565. The fourth-order valence-corrected chi connectivity index (χ4v) is 2.26. The average molecular weight is 302 g/mol. The molecule has 0 aliphatic rings. The molecule has 0 saturated heterocycles. The second-order valence-electron chi connectivity index (χ2n) is 6.01. The Bertz CT molecular complexity index is 622. The Balaban J connectivity index is 2.03. The van der Waals surface area contributed by atoms with Crippen LogP contribution < -0.4 is 5.32 Å². The van der Waals surface area contributed by atoms with Crippen molar-refractivity contribution in [2.75, 3.05) is 6.54 Å². The summed E-state index contributed by atoms with van der Waals surface area (Å²) < 4.78 is 4.95. The van der Waals surface area contributed by atoms with Crippen LogP contribution >= 0.6 is 0 Å². The molecule has 0 unspecified atom stereocenters. The molecule has 0 saturated carbocycles. The van der Waals surface area contributed by atoms with Crippen LogP contribution in [-0.4, -0.2) is 28.8 Å². The zero-order valence-corrected chi connectivity index (χ0v) is 13.2. The quantitative estimate of drug-likeness (QED) is 0.859. The van der Waals surface area contributed by atoms with Gasteiger partial charge in [0.1, 0.15) is 0 Å². The van der Waals surface area contributed by atoms with E-state index < -0.39 is 11.5 Å². The number of aliphatic hydroxyl groups excluding tert-OH is 1. The number of aromatic nitrogens is 1. The van der Waals surface area contributed by atoms with E-state index in [1.807, 2.05) is 37.3 Å². The number of hydrogen-bond donors (Lipinski definition) is 2. The van der Waals surface area contributed by atoms with Gasteiger partial charge in [0.05, 0.1) is 11.8 Å². The highest BCUT2D eigenvalue weighted by Gasteiger charge is 2.31. The largest absolute Gasteiger partial charge is 0.393 e. The SMILES string of the molecule is Cc1cc(C(=O)NC[C@](C)(Cc2ccccc2)[C@H](C)O)on1. The van der Waals surface area contributed by atoms with Gasteiger partial charge in [0, 0.05) is 18.0 Å². The first-order valence-corrected chi connectivity index (χ1v) is 7.34. The van der Waals surface area contributed by atoms with Gasteiger partial charge in [-0.25, -0.2) is 0 Å². The molecule has 0 aliphatic heterocycles. The van der Waals surface area contributed by atoms with E-state index >= 15 is 0 Å². The molecule has 1 aromatic carbocycles. The highest BCUT2D eigenvalue weighted by atomic mass is 16.5. The maximum atomic E-state index is 12.1. The van der Waals surface area contributed by atoms with Gasteiger partial charge in [-0.2, -0.15) is 0 Å². The van der Waals surface area contributed by atoms with E-state index in [0.29, 0.717) is 18.7 Å². The fourth-order valence-electron chi connectivity index (χ4n) is 2.26. The van der Waals surface area contributed by atoms with Gasteiger partial charge in [0.15, 0.2) is 0 Å². The molecule has 0 aliphatic carbocycles.